The van der Waals surface area contributed by atoms with Gasteiger partial charge in [0.05, 0.1) is 0 Å². The average Bonchev–Trinajstić information content (AvgIpc) is 2.02. The molecule has 1 fully saturated rings. The molecule has 0 N–H and O–H groups in total. The fraction of sp³-hybridized carbons (Fsp3) is 1.00. The maximum atomic E-state index is 2.67. The van der Waals surface area contributed by atoms with E-state index in [-0.39, 0.29) is 9.84 Å². The van der Waals surface area contributed by atoms with Crippen molar-refractivity contribution in [2.75, 3.05) is 27.2 Å². The Bertz CT molecular complexity index is 150. The van der Waals surface area contributed by atoms with E-state index in [4.69, 9.17) is 0 Å². The molecule has 0 bridgehead atoms. The number of nitrogens with zero attached hydrogens (tertiary/aromatic N) is 3. The highest BCUT2D eigenvalue weighted by Crippen LogP contribution is 2.18. The Hall–Kier alpha value is 0.0969. The first-order chi connectivity index (χ1) is 6.20. The Morgan fingerprint density at radius 1 is 1.23 bits per heavy atom. The summed E-state index contributed by atoms with van der Waals surface area (Å²) in [5.41, 5.74) is 0. The van der Waals surface area contributed by atoms with E-state index in [0.717, 1.165) is 0 Å². The molecule has 3 nitrogen and oxygen atoms in total. The lowest BCUT2D eigenvalue weighted by Crippen LogP contribution is -2.71. The molecule has 1 aliphatic rings. The van der Waals surface area contributed by atoms with Gasteiger partial charge in [-0.15, -0.1) is 0 Å². The van der Waals surface area contributed by atoms with Crippen molar-refractivity contribution in [1.82, 2.24) is 14.0 Å². The van der Waals surface area contributed by atoms with Crippen LogP contribution in [0.2, 0.25) is 0 Å². The highest BCUT2D eigenvalue weighted by molar-refractivity contribution is 6.32. The van der Waals surface area contributed by atoms with Gasteiger partial charge in [-0.3, -0.25) is 14.0 Å². The van der Waals surface area contributed by atoms with Gasteiger partial charge >= 0.3 is 0 Å². The topological polar surface area (TPSA) is 9.72 Å². The van der Waals surface area contributed by atoms with Crippen LogP contribution < -0.4 is 0 Å². The zero-order valence-corrected chi connectivity index (χ0v) is 10.9. The number of hydrogen-bond acceptors (Lipinski definition) is 3. The minimum absolute atomic E-state index is 0.0527. The molecule has 1 aliphatic heterocycles. The molecule has 1 heterocycles. The Labute approximate surface area is 84.7 Å². The SMILES string of the molecule is CCCCN1[SiH2]N(CC)C1N(C)C. The molecule has 13 heavy (non-hydrogen) atoms. The molecule has 0 aliphatic carbocycles. The number of hydrogen-bond donors (Lipinski definition) is 0. The van der Waals surface area contributed by atoms with E-state index in [0.29, 0.717) is 6.29 Å². The maximum absolute atomic E-state index is 2.67. The maximum Gasteiger partial charge on any atom is 0.177 e. The quantitative estimate of drug-likeness (QED) is 0.591. The van der Waals surface area contributed by atoms with Gasteiger partial charge < -0.3 is 0 Å². The van der Waals surface area contributed by atoms with Crippen LogP contribution in [0.15, 0.2) is 0 Å². The van der Waals surface area contributed by atoms with Crippen molar-refractivity contribution in [3.8, 4) is 0 Å². The smallest absolute Gasteiger partial charge is 0.177 e. The summed E-state index contributed by atoms with van der Waals surface area (Å²) in [5, 5.41) is 0. The lowest BCUT2D eigenvalue weighted by molar-refractivity contribution is -0.0125. The van der Waals surface area contributed by atoms with Crippen LogP contribution >= 0.6 is 0 Å². The van der Waals surface area contributed by atoms with Crippen LogP contribution in [0, 0.1) is 0 Å². The van der Waals surface area contributed by atoms with Gasteiger partial charge in [-0.25, -0.2) is 0 Å². The molecule has 4 heteroatoms. The molecule has 1 rings (SSSR count). The minimum Gasteiger partial charge on any atom is -0.290 e. The monoisotopic (exact) mass is 201 g/mol. The van der Waals surface area contributed by atoms with Crippen LogP contribution in [-0.2, 0) is 0 Å². The van der Waals surface area contributed by atoms with E-state index < -0.39 is 0 Å². The van der Waals surface area contributed by atoms with Crippen LogP contribution in [0.1, 0.15) is 26.7 Å². The van der Waals surface area contributed by atoms with E-state index in [1.807, 2.05) is 0 Å². The standard InChI is InChI=1S/C9H23N3Si/c1-5-7-8-12-9(10(3)4)11(6-2)13-12/h9H,5-8,13H2,1-4H3. The summed E-state index contributed by atoms with van der Waals surface area (Å²) in [7, 11) is 4.31. The lowest BCUT2D eigenvalue weighted by atomic mass is 10.3. The Balaban J connectivity index is 2.33. The van der Waals surface area contributed by atoms with Crippen molar-refractivity contribution >= 4 is 9.84 Å². The van der Waals surface area contributed by atoms with Crippen molar-refractivity contribution in [1.29, 1.82) is 0 Å². The highest BCUT2D eigenvalue weighted by atomic mass is 28.2. The Kier molecular flexibility index (Phi) is 4.38. The summed E-state index contributed by atoms with van der Waals surface area (Å²) in [5.74, 6) is 0. The van der Waals surface area contributed by atoms with E-state index >= 15 is 0 Å². The third-order valence-corrected chi connectivity index (χ3v) is 4.83. The van der Waals surface area contributed by atoms with Crippen LogP contribution in [-0.4, -0.2) is 57.3 Å². The van der Waals surface area contributed by atoms with Gasteiger partial charge in [-0.2, -0.15) is 0 Å². The average molecular weight is 201 g/mol. The third kappa shape index (κ3) is 2.53. The largest absolute Gasteiger partial charge is 0.290 e. The molecule has 0 aromatic carbocycles. The predicted octanol–water partition coefficient (Wildman–Crippen LogP) is 0.268. The number of unbranched alkanes of at least 4 members (excludes halogenated alkanes) is 1. The zero-order chi connectivity index (χ0) is 9.84. The second-order valence-corrected chi connectivity index (χ2v) is 5.93. The van der Waals surface area contributed by atoms with Crippen LogP contribution in [0.5, 0.6) is 0 Å². The number of rotatable bonds is 5. The van der Waals surface area contributed by atoms with E-state index in [9.17, 15) is 0 Å². The molecule has 0 spiro atoms. The fourth-order valence-corrected chi connectivity index (χ4v) is 4.11. The van der Waals surface area contributed by atoms with E-state index in [1.165, 1.54) is 25.9 Å². The van der Waals surface area contributed by atoms with Crippen molar-refractivity contribution in [3.05, 3.63) is 0 Å². The molecule has 0 aromatic rings. The van der Waals surface area contributed by atoms with Gasteiger partial charge in [0.2, 0.25) is 0 Å². The van der Waals surface area contributed by atoms with Gasteiger partial charge in [-0.1, -0.05) is 20.3 Å². The summed E-state index contributed by atoms with van der Waals surface area (Å²) in [6.07, 6.45) is 3.29. The summed E-state index contributed by atoms with van der Waals surface area (Å²) in [6.45, 7) is 7.06. The fourth-order valence-electron chi connectivity index (χ4n) is 1.98. The third-order valence-electron chi connectivity index (χ3n) is 2.68. The van der Waals surface area contributed by atoms with Gasteiger partial charge in [0.15, 0.2) is 9.84 Å². The summed E-state index contributed by atoms with van der Waals surface area (Å²) in [6, 6.07) is 0. The van der Waals surface area contributed by atoms with Crippen molar-refractivity contribution in [2.45, 2.75) is 33.0 Å². The molecule has 0 radical (unpaired) electrons. The molecule has 1 saturated heterocycles. The van der Waals surface area contributed by atoms with Crippen LogP contribution in [0.25, 0.3) is 0 Å². The summed E-state index contributed by atoms with van der Waals surface area (Å²) in [4.78, 5) is 2.33. The molecule has 1 unspecified atom stereocenters. The highest BCUT2D eigenvalue weighted by Gasteiger charge is 2.36. The molecule has 78 valence electrons. The van der Waals surface area contributed by atoms with Crippen LogP contribution in [0.3, 0.4) is 0 Å². The molecule has 0 aromatic heterocycles. The zero-order valence-electron chi connectivity index (χ0n) is 9.45. The van der Waals surface area contributed by atoms with Crippen molar-refractivity contribution < 1.29 is 0 Å². The van der Waals surface area contributed by atoms with Gasteiger partial charge in [0.1, 0.15) is 6.29 Å². The lowest BCUT2D eigenvalue weighted by Gasteiger charge is -2.53. The molecule has 0 amide bonds. The predicted molar refractivity (Wildman–Crippen MR) is 60.0 cm³/mol. The summed E-state index contributed by atoms with van der Waals surface area (Å²) < 4.78 is 5.29. The van der Waals surface area contributed by atoms with Gasteiger partial charge in [0.25, 0.3) is 0 Å². The Morgan fingerprint density at radius 3 is 2.38 bits per heavy atom. The molecular weight excluding hydrogens is 178 g/mol. The van der Waals surface area contributed by atoms with E-state index in [2.05, 4.69) is 42.0 Å². The molecule has 0 saturated carbocycles. The first-order valence-corrected chi connectivity index (χ1v) is 6.61. The van der Waals surface area contributed by atoms with Crippen LogP contribution in [0.4, 0.5) is 0 Å². The van der Waals surface area contributed by atoms with Crippen molar-refractivity contribution in [2.24, 2.45) is 0 Å². The summed E-state index contributed by atoms with van der Waals surface area (Å²) >= 11 is 0. The normalized spacial score (nSPS) is 27.0. The Morgan fingerprint density at radius 2 is 1.92 bits per heavy atom. The molecular formula is C9H23N3Si. The van der Waals surface area contributed by atoms with Gasteiger partial charge in [-0.05, 0) is 33.6 Å². The second kappa shape index (κ2) is 5.10. The molecule has 1 atom stereocenters. The second-order valence-electron chi connectivity index (χ2n) is 4.02. The first-order valence-electron chi connectivity index (χ1n) is 5.35. The minimum atomic E-state index is -0.0527. The van der Waals surface area contributed by atoms with E-state index in [1.54, 1.807) is 0 Å². The van der Waals surface area contributed by atoms with Crippen molar-refractivity contribution in [3.63, 3.8) is 0 Å². The first kappa shape index (κ1) is 11.2. The van der Waals surface area contributed by atoms with Gasteiger partial charge in [0, 0.05) is 0 Å².